The Morgan fingerprint density at radius 1 is 1.25 bits per heavy atom. The summed E-state index contributed by atoms with van der Waals surface area (Å²) >= 11 is 7.64. The van der Waals surface area contributed by atoms with Crippen LogP contribution in [0.5, 0.6) is 6.01 Å². The molecular formula is C34H36ClF3N10O2S. The van der Waals surface area contributed by atoms with Gasteiger partial charge in [-0.3, -0.25) is 10.3 Å². The van der Waals surface area contributed by atoms with Crippen molar-refractivity contribution in [2.24, 2.45) is 5.73 Å². The summed E-state index contributed by atoms with van der Waals surface area (Å²) in [4.78, 5) is 27.6. The Hall–Kier alpha value is -4.72. The van der Waals surface area contributed by atoms with Crippen LogP contribution in [0.2, 0.25) is 5.02 Å². The van der Waals surface area contributed by atoms with Gasteiger partial charge >= 0.3 is 12.0 Å². The Bertz CT molecular complexity index is 2080. The number of methoxy groups -OCH3 is 1. The van der Waals surface area contributed by atoms with Crippen molar-refractivity contribution < 1.29 is 22.7 Å². The van der Waals surface area contributed by atoms with E-state index >= 15 is 4.39 Å². The Morgan fingerprint density at radius 3 is 2.76 bits per heavy atom. The molecule has 2 amide bonds. The van der Waals surface area contributed by atoms with E-state index in [4.69, 9.17) is 27.8 Å². The number of rotatable bonds is 5. The summed E-state index contributed by atoms with van der Waals surface area (Å²) in [5.41, 5.74) is 16.2. The van der Waals surface area contributed by atoms with E-state index in [-0.39, 0.29) is 54.4 Å². The van der Waals surface area contributed by atoms with E-state index in [1.54, 1.807) is 11.0 Å². The molecule has 4 fully saturated rings. The van der Waals surface area contributed by atoms with Crippen LogP contribution in [0.15, 0.2) is 30.6 Å². The number of nitrogens with two attached hydrogens (primary N) is 2. The molecule has 0 aliphatic carbocycles. The van der Waals surface area contributed by atoms with Crippen LogP contribution in [0.25, 0.3) is 32.1 Å². The van der Waals surface area contributed by atoms with Gasteiger partial charge in [0.1, 0.15) is 34.4 Å². The quantitative estimate of drug-likeness (QED) is 0.195. The van der Waals surface area contributed by atoms with Crippen LogP contribution in [0.4, 0.5) is 28.8 Å². The maximum Gasteiger partial charge on any atom is 0.336 e. The Morgan fingerprint density at radius 2 is 2.06 bits per heavy atom. The molecule has 0 saturated carbocycles. The van der Waals surface area contributed by atoms with Gasteiger partial charge in [0.2, 0.25) is 0 Å². The van der Waals surface area contributed by atoms with Crippen LogP contribution < -0.4 is 32.0 Å². The van der Waals surface area contributed by atoms with Crippen molar-refractivity contribution in [1.82, 2.24) is 30.6 Å². The lowest BCUT2D eigenvalue weighted by Gasteiger charge is -2.50. The van der Waals surface area contributed by atoms with Crippen LogP contribution in [-0.4, -0.2) is 83.4 Å². The second kappa shape index (κ2) is 13.8. The Labute approximate surface area is 300 Å². The van der Waals surface area contributed by atoms with Crippen molar-refractivity contribution in [3.05, 3.63) is 52.8 Å². The molecule has 3 unspecified atom stereocenters. The molecule has 4 aromatic rings. The number of nitrogen functional groups attached to an aromatic ring is 1. The summed E-state index contributed by atoms with van der Waals surface area (Å²) in [6.07, 6.45) is 6.94. The molecule has 6 heterocycles. The number of nitriles is 1. The second-order valence-electron chi connectivity index (χ2n) is 13.1. The van der Waals surface area contributed by atoms with Gasteiger partial charge < -0.3 is 31.4 Å². The summed E-state index contributed by atoms with van der Waals surface area (Å²) < 4.78 is 49.2. The molecule has 12 nitrogen and oxygen atoms in total. The molecule has 2 aromatic carbocycles. The maximum atomic E-state index is 16.5. The van der Waals surface area contributed by atoms with Gasteiger partial charge in [0, 0.05) is 61.0 Å². The SMILES string of the molecule is COc1nc(N2CCC3(CCN3C(=O)NN/C=C\N)C2)c2cc(Cl)c(-c3ccc(F)c4sc(N)c(C#N)c34)c(F)c2n1.FC1CC2CCCN2C1. The van der Waals surface area contributed by atoms with Crippen LogP contribution >= 0.6 is 22.9 Å². The van der Waals surface area contributed by atoms with Crippen LogP contribution in [-0.2, 0) is 0 Å². The number of halogens is 4. The van der Waals surface area contributed by atoms with Crippen molar-refractivity contribution in [2.75, 3.05) is 50.5 Å². The standard InChI is InChI=1S/C27H24ClF2N9O2S.C7H12FN/c1-41-25-35-21-14(24(36-25)38-8-4-27(12-38)5-9-39(27)26(40)37-34-7-6-31)10-16(28)19(20(21)30)13-2-3-17(29)22-18(13)15(11-32)23(33)42-22;8-6-4-7-2-1-3-9(7)5-6/h2-3,6-7,10,34H,4-5,8-9,12,31,33H2,1H3,(H,37,40);6-7H,1-5H2/b7-6-;. The highest BCUT2D eigenvalue weighted by atomic mass is 35.5. The monoisotopic (exact) mass is 740 g/mol. The van der Waals surface area contributed by atoms with Gasteiger partial charge in [0.25, 0.3) is 0 Å². The summed E-state index contributed by atoms with van der Waals surface area (Å²) in [7, 11) is 1.38. The predicted molar refractivity (Wildman–Crippen MR) is 191 cm³/mol. The number of hydrogen-bond acceptors (Lipinski definition) is 11. The predicted octanol–water partition coefficient (Wildman–Crippen LogP) is 5.40. The summed E-state index contributed by atoms with van der Waals surface area (Å²) in [6, 6.07) is 6.37. The van der Waals surface area contributed by atoms with Crippen molar-refractivity contribution in [3.63, 3.8) is 0 Å². The minimum Gasteiger partial charge on any atom is -0.467 e. The topological polar surface area (TPSA) is 162 Å². The van der Waals surface area contributed by atoms with Gasteiger partial charge in [0.15, 0.2) is 5.82 Å². The normalized spacial score (nSPS) is 22.7. The number of nitrogens with zero attached hydrogens (tertiary/aromatic N) is 6. The third kappa shape index (κ3) is 6.06. The first-order valence-corrected chi connectivity index (χ1v) is 17.8. The first kappa shape index (κ1) is 34.7. The average Bonchev–Trinajstić information content (AvgIpc) is 3.89. The fourth-order valence-corrected chi connectivity index (χ4v) is 9.06. The number of urea groups is 1. The molecule has 268 valence electrons. The highest BCUT2D eigenvalue weighted by Gasteiger charge is 2.52. The summed E-state index contributed by atoms with van der Waals surface area (Å²) in [5.74, 6) is -0.957. The fraction of sp³-hybridized carbons (Fsp3) is 0.412. The van der Waals surface area contributed by atoms with Crippen LogP contribution in [0.1, 0.15) is 37.7 Å². The van der Waals surface area contributed by atoms with Crippen molar-refractivity contribution in [2.45, 2.75) is 49.9 Å². The first-order valence-electron chi connectivity index (χ1n) is 16.6. The molecule has 8 rings (SSSR count). The number of hydrazine groups is 1. The molecular weight excluding hydrogens is 705 g/mol. The third-order valence-electron chi connectivity index (χ3n) is 10.3. The molecule has 17 heteroatoms. The lowest BCUT2D eigenvalue weighted by atomic mass is 9.84. The molecule has 3 atom stereocenters. The number of amides is 2. The van der Waals surface area contributed by atoms with Gasteiger partial charge in [-0.2, -0.15) is 15.2 Å². The molecule has 51 heavy (non-hydrogen) atoms. The highest BCUT2D eigenvalue weighted by Crippen LogP contribution is 2.47. The number of hydrogen-bond donors (Lipinski definition) is 4. The molecule has 2 aromatic heterocycles. The van der Waals surface area contributed by atoms with Crippen molar-refractivity contribution >= 4 is 60.8 Å². The number of benzene rings is 2. The second-order valence-corrected chi connectivity index (χ2v) is 14.5. The van der Waals surface area contributed by atoms with E-state index in [9.17, 15) is 18.8 Å². The van der Waals surface area contributed by atoms with E-state index in [0.29, 0.717) is 49.8 Å². The fourth-order valence-electron chi connectivity index (χ4n) is 7.81. The third-order valence-corrected chi connectivity index (χ3v) is 11.6. The van der Waals surface area contributed by atoms with Gasteiger partial charge in [-0.1, -0.05) is 17.7 Å². The van der Waals surface area contributed by atoms with Gasteiger partial charge in [-0.25, -0.2) is 18.0 Å². The van der Waals surface area contributed by atoms with Crippen LogP contribution in [0.3, 0.4) is 0 Å². The molecule has 6 N–H and O–H groups in total. The number of anilines is 2. The van der Waals surface area contributed by atoms with E-state index in [1.165, 1.54) is 44.5 Å². The van der Waals surface area contributed by atoms with Gasteiger partial charge in [-0.15, -0.1) is 11.3 Å². The number of ether oxygens (including phenoxy) is 1. The molecule has 0 radical (unpaired) electrons. The number of carbonyl (C=O) groups excluding carboxylic acids is 1. The number of fused-ring (bicyclic) bond motifs is 3. The zero-order valence-electron chi connectivity index (χ0n) is 27.7. The lowest BCUT2D eigenvalue weighted by Crippen LogP contribution is -2.66. The molecule has 0 bridgehead atoms. The number of alkyl halides is 1. The van der Waals surface area contributed by atoms with Gasteiger partial charge in [-0.05, 0) is 56.3 Å². The van der Waals surface area contributed by atoms with Crippen molar-refractivity contribution in [3.8, 4) is 23.2 Å². The smallest absolute Gasteiger partial charge is 0.336 e. The van der Waals surface area contributed by atoms with E-state index in [2.05, 4.69) is 25.7 Å². The molecule has 4 aliphatic rings. The first-order chi connectivity index (χ1) is 24.6. The van der Waals surface area contributed by atoms with Gasteiger partial charge in [0.05, 0.1) is 27.9 Å². The number of thiophene rings is 1. The minimum absolute atomic E-state index is 0.0224. The largest absolute Gasteiger partial charge is 0.467 e. The highest BCUT2D eigenvalue weighted by molar-refractivity contribution is 7.23. The number of likely N-dealkylation sites (tertiary alicyclic amines) is 1. The van der Waals surface area contributed by atoms with E-state index < -0.39 is 23.3 Å². The minimum atomic E-state index is -0.779. The van der Waals surface area contributed by atoms with E-state index in [0.717, 1.165) is 30.7 Å². The average molecular weight is 741 g/mol. The Balaban J connectivity index is 0.000000389. The zero-order valence-corrected chi connectivity index (χ0v) is 29.3. The maximum absolute atomic E-state index is 16.5. The zero-order chi connectivity index (χ0) is 36.0. The van der Waals surface area contributed by atoms with Crippen molar-refractivity contribution in [1.29, 1.82) is 5.26 Å². The van der Waals surface area contributed by atoms with E-state index in [1.807, 2.05) is 11.0 Å². The lowest BCUT2D eigenvalue weighted by molar-refractivity contribution is 0.0397. The molecule has 4 saturated heterocycles. The Kier molecular flexibility index (Phi) is 9.38. The summed E-state index contributed by atoms with van der Waals surface area (Å²) in [5, 5.41) is 10.4. The number of nitrogens with one attached hydrogen (secondary N) is 2. The van der Waals surface area contributed by atoms with Crippen LogP contribution in [0, 0.1) is 23.0 Å². The summed E-state index contributed by atoms with van der Waals surface area (Å²) in [6.45, 7) is 3.42. The molecule has 4 aliphatic heterocycles. The molecule has 1 spiro atoms. The number of aromatic nitrogens is 2. The number of carbonyl (C=O) groups is 1.